The third-order valence-corrected chi connectivity index (χ3v) is 2.73. The molecule has 0 aliphatic rings. The van der Waals surface area contributed by atoms with Crippen molar-refractivity contribution in [3.05, 3.63) is 59.7 Å². The standard InChI is InChI=1S/C15H17NO/c1-12-10-14(8-9-15(12)17-2)16-11-13-6-4-3-5-7-13/h3-10,16H,11H2,1-2H3. The molecule has 17 heavy (non-hydrogen) atoms. The Morgan fingerprint density at radius 3 is 2.47 bits per heavy atom. The van der Waals surface area contributed by atoms with E-state index in [1.165, 1.54) is 5.56 Å². The van der Waals surface area contributed by atoms with Crippen LogP contribution < -0.4 is 10.1 Å². The molecule has 0 heterocycles. The monoisotopic (exact) mass is 227 g/mol. The number of nitrogens with one attached hydrogen (secondary N) is 1. The molecule has 0 aliphatic carbocycles. The van der Waals surface area contributed by atoms with E-state index in [1.54, 1.807) is 7.11 Å². The van der Waals surface area contributed by atoms with Crippen LogP contribution in [0, 0.1) is 6.92 Å². The van der Waals surface area contributed by atoms with Crippen LogP contribution in [0.1, 0.15) is 11.1 Å². The van der Waals surface area contributed by atoms with E-state index in [-0.39, 0.29) is 0 Å². The van der Waals surface area contributed by atoms with Crippen LogP contribution in [-0.2, 0) is 6.54 Å². The second-order valence-electron chi connectivity index (χ2n) is 4.02. The van der Waals surface area contributed by atoms with Gasteiger partial charge in [0.1, 0.15) is 5.75 Å². The summed E-state index contributed by atoms with van der Waals surface area (Å²) in [5.74, 6) is 0.926. The van der Waals surface area contributed by atoms with Crippen molar-refractivity contribution >= 4 is 5.69 Å². The highest BCUT2D eigenvalue weighted by Crippen LogP contribution is 2.21. The summed E-state index contributed by atoms with van der Waals surface area (Å²) in [4.78, 5) is 0. The molecule has 2 aromatic rings. The normalized spacial score (nSPS) is 10.0. The zero-order chi connectivity index (χ0) is 12.1. The van der Waals surface area contributed by atoms with Crippen molar-refractivity contribution in [2.45, 2.75) is 13.5 Å². The summed E-state index contributed by atoms with van der Waals surface area (Å²) in [5.41, 5.74) is 3.54. The van der Waals surface area contributed by atoms with Crippen LogP contribution in [0.25, 0.3) is 0 Å². The Hall–Kier alpha value is -1.96. The average Bonchev–Trinajstić information content (AvgIpc) is 2.38. The summed E-state index contributed by atoms with van der Waals surface area (Å²) in [6.07, 6.45) is 0. The molecule has 2 aromatic carbocycles. The lowest BCUT2D eigenvalue weighted by molar-refractivity contribution is 0.412. The lowest BCUT2D eigenvalue weighted by atomic mass is 10.2. The summed E-state index contributed by atoms with van der Waals surface area (Å²) in [6.45, 7) is 2.89. The van der Waals surface area contributed by atoms with Crippen molar-refractivity contribution in [1.82, 2.24) is 0 Å². The molecule has 0 saturated carbocycles. The molecular weight excluding hydrogens is 210 g/mol. The van der Waals surface area contributed by atoms with Gasteiger partial charge >= 0.3 is 0 Å². The van der Waals surface area contributed by atoms with E-state index < -0.39 is 0 Å². The summed E-state index contributed by atoms with van der Waals surface area (Å²) in [7, 11) is 1.69. The van der Waals surface area contributed by atoms with Gasteiger partial charge in [0.15, 0.2) is 0 Å². The van der Waals surface area contributed by atoms with Gasteiger partial charge in [-0.05, 0) is 36.2 Å². The first-order valence-corrected chi connectivity index (χ1v) is 5.72. The van der Waals surface area contributed by atoms with Gasteiger partial charge in [0.2, 0.25) is 0 Å². The van der Waals surface area contributed by atoms with E-state index >= 15 is 0 Å². The van der Waals surface area contributed by atoms with E-state index in [2.05, 4.69) is 35.6 Å². The molecule has 0 bridgehead atoms. The number of methoxy groups -OCH3 is 1. The Bertz CT molecular complexity index is 480. The maximum atomic E-state index is 5.23. The molecule has 0 saturated heterocycles. The van der Waals surface area contributed by atoms with Crippen molar-refractivity contribution in [3.8, 4) is 5.75 Å². The SMILES string of the molecule is COc1ccc(NCc2ccccc2)cc1C. The number of anilines is 1. The molecule has 0 radical (unpaired) electrons. The number of rotatable bonds is 4. The van der Waals surface area contributed by atoms with Gasteiger partial charge in [-0.15, -0.1) is 0 Å². The predicted octanol–water partition coefficient (Wildman–Crippen LogP) is 3.62. The zero-order valence-corrected chi connectivity index (χ0v) is 10.2. The fourth-order valence-corrected chi connectivity index (χ4v) is 1.79. The molecule has 0 atom stereocenters. The van der Waals surface area contributed by atoms with E-state index in [0.717, 1.165) is 23.5 Å². The molecule has 0 aromatic heterocycles. The Morgan fingerprint density at radius 1 is 1.06 bits per heavy atom. The fourth-order valence-electron chi connectivity index (χ4n) is 1.79. The maximum Gasteiger partial charge on any atom is 0.121 e. The van der Waals surface area contributed by atoms with Gasteiger partial charge in [0.05, 0.1) is 7.11 Å². The first-order chi connectivity index (χ1) is 8.29. The second kappa shape index (κ2) is 5.39. The minimum Gasteiger partial charge on any atom is -0.496 e. The third kappa shape index (κ3) is 3.00. The van der Waals surface area contributed by atoms with Crippen LogP contribution in [-0.4, -0.2) is 7.11 Å². The molecule has 0 aliphatic heterocycles. The maximum absolute atomic E-state index is 5.23. The first-order valence-electron chi connectivity index (χ1n) is 5.72. The van der Waals surface area contributed by atoms with E-state index in [1.807, 2.05) is 25.1 Å². The van der Waals surface area contributed by atoms with Gasteiger partial charge < -0.3 is 10.1 Å². The molecule has 1 N–H and O–H groups in total. The first kappa shape index (κ1) is 11.5. The summed E-state index contributed by atoms with van der Waals surface area (Å²) < 4.78 is 5.23. The Labute approximate surface area is 102 Å². The summed E-state index contributed by atoms with van der Waals surface area (Å²) in [5, 5.41) is 3.40. The van der Waals surface area contributed by atoms with Crippen molar-refractivity contribution in [2.24, 2.45) is 0 Å². The van der Waals surface area contributed by atoms with Crippen molar-refractivity contribution < 1.29 is 4.74 Å². The smallest absolute Gasteiger partial charge is 0.121 e. The molecule has 2 nitrogen and oxygen atoms in total. The molecule has 0 fully saturated rings. The molecule has 2 rings (SSSR count). The van der Waals surface area contributed by atoms with Gasteiger partial charge in [0, 0.05) is 12.2 Å². The topological polar surface area (TPSA) is 21.3 Å². The summed E-state index contributed by atoms with van der Waals surface area (Å²) in [6, 6.07) is 16.5. The Kier molecular flexibility index (Phi) is 3.66. The van der Waals surface area contributed by atoms with Crippen molar-refractivity contribution in [3.63, 3.8) is 0 Å². The molecular formula is C15H17NO. The molecule has 0 spiro atoms. The van der Waals surface area contributed by atoms with Crippen LogP contribution in [0.4, 0.5) is 5.69 Å². The lowest BCUT2D eigenvalue weighted by Gasteiger charge is -2.09. The quantitative estimate of drug-likeness (QED) is 0.861. The minimum atomic E-state index is 0.840. The van der Waals surface area contributed by atoms with Crippen LogP contribution in [0.5, 0.6) is 5.75 Å². The van der Waals surface area contributed by atoms with Gasteiger partial charge in [0.25, 0.3) is 0 Å². The molecule has 2 heteroatoms. The van der Waals surface area contributed by atoms with Crippen molar-refractivity contribution in [2.75, 3.05) is 12.4 Å². The van der Waals surface area contributed by atoms with Crippen LogP contribution >= 0.6 is 0 Å². The number of hydrogen-bond donors (Lipinski definition) is 1. The number of ether oxygens (including phenoxy) is 1. The number of aryl methyl sites for hydroxylation is 1. The van der Waals surface area contributed by atoms with Gasteiger partial charge in [-0.2, -0.15) is 0 Å². The zero-order valence-electron chi connectivity index (χ0n) is 10.2. The number of benzene rings is 2. The third-order valence-electron chi connectivity index (χ3n) is 2.73. The molecule has 0 unspecified atom stereocenters. The number of hydrogen-bond acceptors (Lipinski definition) is 2. The molecule has 0 amide bonds. The molecule has 88 valence electrons. The Balaban J connectivity index is 2.02. The van der Waals surface area contributed by atoms with Gasteiger partial charge in [-0.1, -0.05) is 30.3 Å². The second-order valence-corrected chi connectivity index (χ2v) is 4.02. The highest BCUT2D eigenvalue weighted by atomic mass is 16.5. The van der Waals surface area contributed by atoms with E-state index in [9.17, 15) is 0 Å². The van der Waals surface area contributed by atoms with E-state index in [0.29, 0.717) is 0 Å². The Morgan fingerprint density at radius 2 is 1.82 bits per heavy atom. The van der Waals surface area contributed by atoms with Crippen molar-refractivity contribution in [1.29, 1.82) is 0 Å². The average molecular weight is 227 g/mol. The van der Waals surface area contributed by atoms with E-state index in [4.69, 9.17) is 4.74 Å². The predicted molar refractivity (Wildman–Crippen MR) is 71.5 cm³/mol. The minimum absolute atomic E-state index is 0.840. The van der Waals surface area contributed by atoms with Crippen LogP contribution in [0.15, 0.2) is 48.5 Å². The highest BCUT2D eigenvalue weighted by molar-refractivity contribution is 5.51. The van der Waals surface area contributed by atoms with Crippen LogP contribution in [0.2, 0.25) is 0 Å². The summed E-state index contributed by atoms with van der Waals surface area (Å²) >= 11 is 0. The van der Waals surface area contributed by atoms with Gasteiger partial charge in [-0.25, -0.2) is 0 Å². The fraction of sp³-hybridized carbons (Fsp3) is 0.200. The highest BCUT2D eigenvalue weighted by Gasteiger charge is 1.99. The largest absolute Gasteiger partial charge is 0.496 e. The van der Waals surface area contributed by atoms with Crippen LogP contribution in [0.3, 0.4) is 0 Å². The lowest BCUT2D eigenvalue weighted by Crippen LogP contribution is -1.99. The van der Waals surface area contributed by atoms with Gasteiger partial charge in [-0.3, -0.25) is 0 Å².